The van der Waals surface area contributed by atoms with Gasteiger partial charge in [-0.3, -0.25) is 9.69 Å². The molecule has 1 saturated heterocycles. The summed E-state index contributed by atoms with van der Waals surface area (Å²) in [6.07, 6.45) is 3.12. The van der Waals surface area contributed by atoms with Gasteiger partial charge in [0.1, 0.15) is 19.0 Å². The maximum Gasteiger partial charge on any atom is 0.220 e. The first-order chi connectivity index (χ1) is 15.7. The van der Waals surface area contributed by atoms with E-state index < -0.39 is 6.04 Å². The highest BCUT2D eigenvalue weighted by atomic mass is 16.6. The van der Waals surface area contributed by atoms with Gasteiger partial charge >= 0.3 is 0 Å². The van der Waals surface area contributed by atoms with Gasteiger partial charge in [0.2, 0.25) is 5.91 Å². The van der Waals surface area contributed by atoms with Crippen LogP contribution in [0.2, 0.25) is 0 Å². The molecule has 0 aromatic heterocycles. The molecule has 2 aliphatic rings. The smallest absolute Gasteiger partial charge is 0.220 e. The zero-order chi connectivity index (χ0) is 22.3. The topological polar surface area (TPSA) is 80.3 Å². The van der Waals surface area contributed by atoms with Crippen molar-refractivity contribution in [3.63, 3.8) is 0 Å². The van der Waals surface area contributed by atoms with Crippen molar-refractivity contribution in [1.82, 2.24) is 10.2 Å². The van der Waals surface area contributed by atoms with Crippen LogP contribution in [0.5, 0.6) is 17.2 Å². The predicted molar refractivity (Wildman–Crippen MR) is 121 cm³/mol. The van der Waals surface area contributed by atoms with Gasteiger partial charge in [0.25, 0.3) is 0 Å². The molecule has 1 unspecified atom stereocenters. The third-order valence-corrected chi connectivity index (χ3v) is 6.18. The first-order valence-corrected chi connectivity index (χ1v) is 11.4. The lowest BCUT2D eigenvalue weighted by molar-refractivity contribution is -0.122. The van der Waals surface area contributed by atoms with Gasteiger partial charge in [-0.2, -0.15) is 0 Å². The van der Waals surface area contributed by atoms with Crippen LogP contribution in [0.3, 0.4) is 0 Å². The molecule has 0 bridgehead atoms. The number of nitrogens with zero attached hydrogens (tertiary/aromatic N) is 1. The van der Waals surface area contributed by atoms with Gasteiger partial charge in [0.05, 0.1) is 25.8 Å². The van der Waals surface area contributed by atoms with E-state index in [4.69, 9.17) is 14.2 Å². The van der Waals surface area contributed by atoms with Crippen LogP contribution in [0.1, 0.15) is 36.4 Å². The Bertz CT molecular complexity index is 913. The van der Waals surface area contributed by atoms with E-state index in [0.29, 0.717) is 26.1 Å². The van der Waals surface area contributed by atoms with Gasteiger partial charge in [-0.15, -0.1) is 0 Å². The minimum atomic E-state index is -0.416. The number of hydrogen-bond acceptors (Lipinski definition) is 6. The molecule has 7 heteroatoms. The van der Waals surface area contributed by atoms with Crippen molar-refractivity contribution in [2.45, 2.75) is 37.8 Å². The Morgan fingerprint density at radius 3 is 2.62 bits per heavy atom. The molecule has 2 N–H and O–H groups in total. The second-order valence-electron chi connectivity index (χ2n) is 8.26. The second kappa shape index (κ2) is 10.7. The second-order valence-corrected chi connectivity index (χ2v) is 8.26. The number of hydrogen-bond donors (Lipinski definition) is 2. The van der Waals surface area contributed by atoms with E-state index in [-0.39, 0.29) is 18.6 Å². The fraction of sp³-hybridized carbons (Fsp3) is 0.480. The van der Waals surface area contributed by atoms with Crippen molar-refractivity contribution in [3.05, 3.63) is 53.6 Å². The van der Waals surface area contributed by atoms with E-state index in [2.05, 4.69) is 10.2 Å². The Balaban J connectivity index is 1.49. The zero-order valence-corrected chi connectivity index (χ0v) is 18.6. The highest BCUT2D eigenvalue weighted by molar-refractivity contribution is 5.76. The van der Waals surface area contributed by atoms with Gasteiger partial charge in [0, 0.05) is 6.42 Å². The molecule has 1 amide bonds. The summed E-state index contributed by atoms with van der Waals surface area (Å²) in [6, 6.07) is 13.1. The number of benzene rings is 2. The number of aryl methyl sites for hydroxylation is 1. The van der Waals surface area contributed by atoms with Gasteiger partial charge < -0.3 is 24.6 Å². The zero-order valence-electron chi connectivity index (χ0n) is 18.6. The van der Waals surface area contributed by atoms with Crippen molar-refractivity contribution >= 4 is 5.91 Å². The van der Waals surface area contributed by atoms with Crippen molar-refractivity contribution < 1.29 is 24.1 Å². The van der Waals surface area contributed by atoms with Crippen LogP contribution in [-0.2, 0) is 11.2 Å². The molecule has 0 spiro atoms. The number of methoxy groups -OCH3 is 1. The number of aliphatic hydroxyl groups excluding tert-OH is 1. The fourth-order valence-corrected chi connectivity index (χ4v) is 4.62. The van der Waals surface area contributed by atoms with E-state index in [1.165, 1.54) is 0 Å². The van der Waals surface area contributed by atoms with Crippen LogP contribution in [-0.4, -0.2) is 62.0 Å². The van der Waals surface area contributed by atoms with E-state index in [1.807, 2.05) is 42.5 Å². The van der Waals surface area contributed by atoms with Crippen LogP contribution in [0.25, 0.3) is 0 Å². The first-order valence-electron chi connectivity index (χ1n) is 11.4. The molecule has 2 aliphatic heterocycles. The maximum atomic E-state index is 12.8. The average molecular weight is 441 g/mol. The van der Waals surface area contributed by atoms with Crippen molar-refractivity contribution in [3.8, 4) is 17.2 Å². The first kappa shape index (κ1) is 22.4. The lowest BCUT2D eigenvalue weighted by Gasteiger charge is -2.35. The molecule has 7 nitrogen and oxygen atoms in total. The molecule has 2 aromatic rings. The number of carbonyl (C=O) groups excluding carboxylic acids is 1. The minimum Gasteiger partial charge on any atom is -0.496 e. The number of carbonyl (C=O) groups is 1. The van der Waals surface area contributed by atoms with E-state index in [9.17, 15) is 9.90 Å². The molecule has 172 valence electrons. The average Bonchev–Trinajstić information content (AvgIpc) is 3.36. The van der Waals surface area contributed by atoms with Crippen molar-refractivity contribution in [2.75, 3.05) is 40.0 Å². The summed E-state index contributed by atoms with van der Waals surface area (Å²) in [5.41, 5.74) is 2.01. The number of rotatable bonds is 9. The Kier molecular flexibility index (Phi) is 7.50. The Morgan fingerprint density at radius 1 is 1.12 bits per heavy atom. The van der Waals surface area contributed by atoms with E-state index in [0.717, 1.165) is 54.3 Å². The van der Waals surface area contributed by atoms with Gasteiger partial charge in [-0.25, -0.2) is 0 Å². The number of likely N-dealkylation sites (tertiary alicyclic amines) is 1. The van der Waals surface area contributed by atoms with E-state index in [1.54, 1.807) is 7.11 Å². The number of amides is 1. The quantitative estimate of drug-likeness (QED) is 0.624. The summed E-state index contributed by atoms with van der Waals surface area (Å²) < 4.78 is 16.8. The van der Waals surface area contributed by atoms with Crippen LogP contribution in [0, 0.1) is 0 Å². The molecule has 2 atom stereocenters. The van der Waals surface area contributed by atoms with Crippen LogP contribution in [0.4, 0.5) is 0 Å². The normalized spacial score (nSPS) is 17.6. The molecule has 2 aromatic carbocycles. The Hall–Kier alpha value is -2.77. The number of fused-ring (bicyclic) bond motifs is 1. The molecular weight excluding hydrogens is 408 g/mol. The maximum absolute atomic E-state index is 12.8. The summed E-state index contributed by atoms with van der Waals surface area (Å²) in [6.45, 7) is 2.80. The Morgan fingerprint density at radius 2 is 1.88 bits per heavy atom. The number of aliphatic hydroxyl groups is 1. The molecule has 0 saturated carbocycles. The lowest BCUT2D eigenvalue weighted by Crippen LogP contribution is -2.47. The van der Waals surface area contributed by atoms with Crippen LogP contribution in [0.15, 0.2) is 42.5 Å². The van der Waals surface area contributed by atoms with Gasteiger partial charge in [-0.1, -0.05) is 24.3 Å². The summed E-state index contributed by atoms with van der Waals surface area (Å²) in [5.74, 6) is 2.15. The van der Waals surface area contributed by atoms with Gasteiger partial charge in [-0.05, 0) is 61.7 Å². The highest BCUT2D eigenvalue weighted by Crippen LogP contribution is 2.36. The number of nitrogens with one attached hydrogen (secondary N) is 1. The fourth-order valence-electron chi connectivity index (χ4n) is 4.62. The van der Waals surface area contributed by atoms with Crippen LogP contribution >= 0.6 is 0 Å². The van der Waals surface area contributed by atoms with Crippen molar-refractivity contribution in [1.29, 1.82) is 0 Å². The van der Waals surface area contributed by atoms with Crippen LogP contribution < -0.4 is 19.5 Å². The monoisotopic (exact) mass is 440 g/mol. The summed E-state index contributed by atoms with van der Waals surface area (Å²) >= 11 is 0. The number of ether oxygens (including phenoxy) is 3. The summed E-state index contributed by atoms with van der Waals surface area (Å²) in [7, 11) is 1.63. The molecular formula is C25H32N2O5. The predicted octanol–water partition coefficient (Wildman–Crippen LogP) is 2.71. The number of para-hydroxylation sites is 1. The summed E-state index contributed by atoms with van der Waals surface area (Å²) in [5, 5.41) is 13.3. The largest absolute Gasteiger partial charge is 0.496 e. The SMILES string of the molecule is COc1ccccc1CCC(=O)N[C@@H](CO)C(c1ccc2c(c1)OCCO2)N1CCCC1. The molecule has 32 heavy (non-hydrogen) atoms. The highest BCUT2D eigenvalue weighted by Gasteiger charge is 2.32. The molecule has 2 heterocycles. The molecule has 0 radical (unpaired) electrons. The molecule has 4 rings (SSSR count). The van der Waals surface area contributed by atoms with E-state index >= 15 is 0 Å². The third-order valence-electron chi connectivity index (χ3n) is 6.18. The van der Waals surface area contributed by atoms with Gasteiger partial charge in [0.15, 0.2) is 11.5 Å². The lowest BCUT2D eigenvalue weighted by atomic mass is 9.97. The Labute approximate surface area is 189 Å². The minimum absolute atomic E-state index is 0.0864. The summed E-state index contributed by atoms with van der Waals surface area (Å²) in [4.78, 5) is 15.2. The third kappa shape index (κ3) is 5.16. The molecule has 1 fully saturated rings. The standard InChI is InChI=1S/C25H32N2O5/c1-30-21-7-3-2-6-18(21)9-11-24(29)26-20(17-28)25(27-12-4-5-13-27)19-8-10-22-23(16-19)32-15-14-31-22/h2-3,6-8,10,16,20,25,28H,4-5,9,11-15,17H2,1H3,(H,26,29)/t20-,25?/m0/s1. The molecule has 0 aliphatic carbocycles. The van der Waals surface area contributed by atoms with Crippen molar-refractivity contribution in [2.24, 2.45) is 0 Å².